The molecular formula is C19H27N3O4S. The van der Waals surface area contributed by atoms with E-state index in [-0.39, 0.29) is 24.0 Å². The van der Waals surface area contributed by atoms with Crippen LogP contribution in [0, 0.1) is 0 Å². The van der Waals surface area contributed by atoms with Gasteiger partial charge in [-0.05, 0) is 50.7 Å². The summed E-state index contributed by atoms with van der Waals surface area (Å²) in [5.74, 6) is -0.144. The number of hydrogen-bond donors (Lipinski definition) is 2. The SMILES string of the molecule is CN(C)Cc1ccnc(CCC(O)CNC(=O)CS(=O)Cc2ccoc2)c1. The second-order valence-electron chi connectivity index (χ2n) is 6.75. The highest BCUT2D eigenvalue weighted by Gasteiger charge is 2.12. The molecule has 2 N–H and O–H groups in total. The Morgan fingerprint density at radius 3 is 2.89 bits per heavy atom. The largest absolute Gasteiger partial charge is 0.472 e. The quantitative estimate of drug-likeness (QED) is 0.593. The molecule has 7 nitrogen and oxygen atoms in total. The normalized spacial score (nSPS) is 13.5. The fourth-order valence-corrected chi connectivity index (χ4v) is 3.62. The van der Waals surface area contributed by atoms with Crippen molar-refractivity contribution in [2.75, 3.05) is 26.4 Å². The van der Waals surface area contributed by atoms with Gasteiger partial charge >= 0.3 is 0 Å². The Hall–Kier alpha value is -2.03. The molecule has 0 saturated heterocycles. The van der Waals surface area contributed by atoms with Gasteiger partial charge < -0.3 is 19.7 Å². The first-order valence-corrected chi connectivity index (χ1v) is 10.3. The minimum Gasteiger partial charge on any atom is -0.472 e. The Balaban J connectivity index is 1.67. The summed E-state index contributed by atoms with van der Waals surface area (Å²) in [6.07, 6.45) is 5.25. The molecule has 8 heteroatoms. The molecular weight excluding hydrogens is 366 g/mol. The summed E-state index contributed by atoms with van der Waals surface area (Å²) in [5, 5.41) is 12.7. The zero-order chi connectivity index (χ0) is 19.6. The molecule has 27 heavy (non-hydrogen) atoms. The van der Waals surface area contributed by atoms with Crippen LogP contribution in [0.25, 0.3) is 0 Å². The zero-order valence-electron chi connectivity index (χ0n) is 15.8. The molecule has 0 saturated carbocycles. The molecule has 0 spiro atoms. The van der Waals surface area contributed by atoms with Crippen molar-refractivity contribution in [1.82, 2.24) is 15.2 Å². The standard InChI is InChI=1S/C19H27N3O4S/c1-22(2)11-15-5-7-20-17(9-15)3-4-18(23)10-21-19(24)14-27(25)13-16-6-8-26-12-16/h5-9,12,18,23H,3-4,10-11,13-14H2,1-2H3,(H,21,24). The van der Waals surface area contributed by atoms with Crippen LogP contribution in [0.1, 0.15) is 23.2 Å². The van der Waals surface area contributed by atoms with Crippen LogP contribution in [-0.4, -0.2) is 57.6 Å². The lowest BCUT2D eigenvalue weighted by Gasteiger charge is -2.13. The summed E-state index contributed by atoms with van der Waals surface area (Å²) >= 11 is 0. The first-order chi connectivity index (χ1) is 12.9. The third-order valence-corrected chi connectivity index (χ3v) is 5.09. The van der Waals surface area contributed by atoms with E-state index >= 15 is 0 Å². The van der Waals surface area contributed by atoms with Gasteiger partial charge in [0.25, 0.3) is 0 Å². The van der Waals surface area contributed by atoms with E-state index in [9.17, 15) is 14.1 Å². The van der Waals surface area contributed by atoms with E-state index < -0.39 is 16.9 Å². The predicted molar refractivity (Wildman–Crippen MR) is 104 cm³/mol. The van der Waals surface area contributed by atoms with Gasteiger partial charge in [0.1, 0.15) is 5.75 Å². The molecule has 0 bridgehead atoms. The van der Waals surface area contributed by atoms with Crippen LogP contribution in [0.4, 0.5) is 0 Å². The fourth-order valence-electron chi connectivity index (χ4n) is 2.59. The predicted octanol–water partition coefficient (Wildman–Crippen LogP) is 1.09. The van der Waals surface area contributed by atoms with Gasteiger partial charge in [-0.15, -0.1) is 0 Å². The van der Waals surface area contributed by atoms with Crippen molar-refractivity contribution in [3.63, 3.8) is 0 Å². The van der Waals surface area contributed by atoms with Crippen molar-refractivity contribution >= 4 is 16.7 Å². The van der Waals surface area contributed by atoms with Crippen LogP contribution in [0.3, 0.4) is 0 Å². The minimum absolute atomic E-state index is 0.0912. The number of aryl methyl sites for hydroxylation is 1. The van der Waals surface area contributed by atoms with Crippen molar-refractivity contribution in [2.24, 2.45) is 0 Å². The van der Waals surface area contributed by atoms with Crippen LogP contribution in [0.5, 0.6) is 0 Å². The molecule has 0 radical (unpaired) electrons. The molecule has 0 fully saturated rings. The average Bonchev–Trinajstić information content (AvgIpc) is 3.10. The lowest BCUT2D eigenvalue weighted by Crippen LogP contribution is -2.35. The first kappa shape index (κ1) is 21.3. The molecule has 1 amide bonds. The highest BCUT2D eigenvalue weighted by Crippen LogP contribution is 2.08. The maximum atomic E-state index is 11.9. The number of hydrogen-bond acceptors (Lipinski definition) is 6. The van der Waals surface area contributed by atoms with E-state index in [4.69, 9.17) is 4.42 Å². The van der Waals surface area contributed by atoms with Gasteiger partial charge in [-0.25, -0.2) is 0 Å². The second-order valence-corrected chi connectivity index (χ2v) is 8.21. The number of aliphatic hydroxyl groups is 1. The molecule has 2 rings (SSSR count). The van der Waals surface area contributed by atoms with E-state index in [2.05, 4.69) is 15.2 Å². The number of pyridine rings is 1. The summed E-state index contributed by atoms with van der Waals surface area (Å²) in [5.41, 5.74) is 2.89. The molecule has 2 aromatic rings. The van der Waals surface area contributed by atoms with Crippen LogP contribution in [0.2, 0.25) is 0 Å². The molecule has 2 atom stereocenters. The average molecular weight is 394 g/mol. The maximum Gasteiger partial charge on any atom is 0.232 e. The Labute approximate surface area is 162 Å². The highest BCUT2D eigenvalue weighted by atomic mass is 32.2. The maximum absolute atomic E-state index is 11.9. The number of nitrogens with one attached hydrogen (secondary N) is 1. The summed E-state index contributed by atoms with van der Waals surface area (Å²) in [4.78, 5) is 18.3. The molecule has 2 unspecified atom stereocenters. The smallest absolute Gasteiger partial charge is 0.232 e. The van der Waals surface area contributed by atoms with Gasteiger partial charge in [0, 0.05) is 41.3 Å². The third-order valence-electron chi connectivity index (χ3n) is 3.85. The molecule has 0 aromatic carbocycles. The molecule has 148 valence electrons. The third kappa shape index (κ3) is 8.47. The summed E-state index contributed by atoms with van der Waals surface area (Å²) < 4.78 is 16.8. The van der Waals surface area contributed by atoms with Crippen LogP contribution >= 0.6 is 0 Å². The van der Waals surface area contributed by atoms with E-state index in [1.807, 2.05) is 26.2 Å². The van der Waals surface area contributed by atoms with Crippen molar-refractivity contribution < 1.29 is 18.5 Å². The first-order valence-electron chi connectivity index (χ1n) is 8.81. The van der Waals surface area contributed by atoms with Gasteiger partial charge in [-0.1, -0.05) is 0 Å². The van der Waals surface area contributed by atoms with Crippen LogP contribution < -0.4 is 5.32 Å². The monoisotopic (exact) mass is 393 g/mol. The van der Waals surface area contributed by atoms with Gasteiger partial charge in [-0.2, -0.15) is 0 Å². The summed E-state index contributed by atoms with van der Waals surface area (Å²) in [6.45, 7) is 0.975. The van der Waals surface area contributed by atoms with Crippen molar-refractivity contribution in [3.8, 4) is 0 Å². The number of carbonyl (C=O) groups excluding carboxylic acids is 1. The molecule has 0 aliphatic heterocycles. The van der Waals surface area contributed by atoms with E-state index in [0.29, 0.717) is 12.8 Å². The van der Waals surface area contributed by atoms with Crippen molar-refractivity contribution in [1.29, 1.82) is 0 Å². The number of nitrogens with zero attached hydrogens (tertiary/aromatic N) is 2. The minimum atomic E-state index is -1.30. The van der Waals surface area contributed by atoms with Crippen LogP contribution in [-0.2, 0) is 34.3 Å². The van der Waals surface area contributed by atoms with E-state index in [1.54, 1.807) is 12.3 Å². The molecule has 2 aromatic heterocycles. The zero-order valence-corrected chi connectivity index (χ0v) is 16.6. The van der Waals surface area contributed by atoms with Crippen molar-refractivity contribution in [3.05, 3.63) is 53.7 Å². The van der Waals surface area contributed by atoms with Gasteiger partial charge in [0.15, 0.2) is 0 Å². The van der Waals surface area contributed by atoms with E-state index in [0.717, 1.165) is 17.8 Å². The fraction of sp³-hybridized carbons (Fsp3) is 0.474. The van der Waals surface area contributed by atoms with Gasteiger partial charge in [0.05, 0.1) is 24.4 Å². The Kier molecular flexibility index (Phi) is 8.63. The van der Waals surface area contributed by atoms with E-state index in [1.165, 1.54) is 18.1 Å². The lowest BCUT2D eigenvalue weighted by molar-refractivity contribution is -0.119. The Bertz CT molecular complexity index is 734. The van der Waals surface area contributed by atoms with Gasteiger partial charge in [-0.3, -0.25) is 14.0 Å². The lowest BCUT2D eigenvalue weighted by atomic mass is 10.1. The summed E-state index contributed by atoms with van der Waals surface area (Å²) in [7, 11) is 2.71. The number of aromatic nitrogens is 1. The number of furan rings is 1. The highest BCUT2D eigenvalue weighted by molar-refractivity contribution is 7.84. The van der Waals surface area contributed by atoms with Gasteiger partial charge in [0.2, 0.25) is 5.91 Å². The van der Waals surface area contributed by atoms with Crippen LogP contribution in [0.15, 0.2) is 41.3 Å². The van der Waals surface area contributed by atoms with Crippen molar-refractivity contribution in [2.45, 2.75) is 31.2 Å². The topological polar surface area (TPSA) is 95.7 Å². The number of rotatable bonds is 11. The number of aliphatic hydroxyl groups excluding tert-OH is 1. The Morgan fingerprint density at radius 1 is 1.37 bits per heavy atom. The Morgan fingerprint density at radius 2 is 2.19 bits per heavy atom. The number of carbonyl (C=O) groups is 1. The summed E-state index contributed by atoms with van der Waals surface area (Å²) in [6, 6.07) is 5.73. The molecule has 0 aliphatic carbocycles. The molecule has 2 heterocycles. The number of amides is 1. The molecule has 0 aliphatic rings. The second kappa shape index (κ2) is 11.0.